The first-order valence-electron chi connectivity index (χ1n) is 5.81. The van der Waals surface area contributed by atoms with Gasteiger partial charge in [-0.1, -0.05) is 32.6 Å². The standard InChI is InChI=1S/C11H22N2O3/c1-2-3-4-5-6-7-16-11(15)9-13-8-10(12)14/h13H,2-9H2,1H3,(H2,12,14). The van der Waals surface area contributed by atoms with Gasteiger partial charge in [0, 0.05) is 0 Å². The SMILES string of the molecule is CCCCCCCOC(=O)CNCC(N)=O. The molecule has 0 aliphatic carbocycles. The first-order chi connectivity index (χ1) is 7.66. The van der Waals surface area contributed by atoms with Gasteiger partial charge in [0.05, 0.1) is 19.7 Å². The fourth-order valence-corrected chi connectivity index (χ4v) is 1.23. The smallest absolute Gasteiger partial charge is 0.319 e. The second-order valence-corrected chi connectivity index (χ2v) is 3.70. The lowest BCUT2D eigenvalue weighted by Crippen LogP contribution is -2.33. The number of esters is 1. The monoisotopic (exact) mass is 230 g/mol. The molecular formula is C11H22N2O3. The van der Waals surface area contributed by atoms with E-state index in [1.807, 2.05) is 0 Å². The maximum atomic E-state index is 11.1. The number of hydrogen-bond donors (Lipinski definition) is 2. The molecule has 0 radical (unpaired) electrons. The summed E-state index contributed by atoms with van der Waals surface area (Å²) in [6.45, 7) is 2.66. The highest BCUT2D eigenvalue weighted by Gasteiger charge is 2.02. The Balaban J connectivity index is 3.20. The number of nitrogens with two attached hydrogens (primary N) is 1. The highest BCUT2D eigenvalue weighted by atomic mass is 16.5. The molecular weight excluding hydrogens is 208 g/mol. The molecule has 0 aromatic heterocycles. The summed E-state index contributed by atoms with van der Waals surface area (Å²) in [5.41, 5.74) is 4.89. The Morgan fingerprint density at radius 3 is 2.44 bits per heavy atom. The lowest BCUT2D eigenvalue weighted by molar-refractivity contribution is -0.142. The number of nitrogens with one attached hydrogen (secondary N) is 1. The van der Waals surface area contributed by atoms with Gasteiger partial charge in [0.25, 0.3) is 0 Å². The fourth-order valence-electron chi connectivity index (χ4n) is 1.23. The van der Waals surface area contributed by atoms with E-state index >= 15 is 0 Å². The zero-order valence-corrected chi connectivity index (χ0v) is 9.96. The van der Waals surface area contributed by atoms with Gasteiger partial charge in [0.15, 0.2) is 0 Å². The molecule has 0 rings (SSSR count). The third-order valence-electron chi connectivity index (χ3n) is 2.08. The summed E-state index contributed by atoms with van der Waals surface area (Å²) in [7, 11) is 0. The van der Waals surface area contributed by atoms with Crippen LogP contribution in [0.5, 0.6) is 0 Å². The Morgan fingerprint density at radius 1 is 1.12 bits per heavy atom. The minimum atomic E-state index is -0.479. The maximum absolute atomic E-state index is 11.1. The molecule has 16 heavy (non-hydrogen) atoms. The van der Waals surface area contributed by atoms with E-state index in [4.69, 9.17) is 10.5 Å². The predicted molar refractivity (Wildman–Crippen MR) is 61.8 cm³/mol. The molecule has 1 amide bonds. The van der Waals surface area contributed by atoms with Crippen LogP contribution in [0.3, 0.4) is 0 Å². The summed E-state index contributed by atoms with van der Waals surface area (Å²) in [6.07, 6.45) is 5.62. The first kappa shape index (κ1) is 14.9. The molecule has 0 bridgehead atoms. The van der Waals surface area contributed by atoms with Crippen LogP contribution in [-0.2, 0) is 14.3 Å². The van der Waals surface area contributed by atoms with E-state index in [0.717, 1.165) is 12.8 Å². The minimum Gasteiger partial charge on any atom is -0.465 e. The van der Waals surface area contributed by atoms with E-state index < -0.39 is 5.91 Å². The number of amides is 1. The molecule has 0 heterocycles. The lowest BCUT2D eigenvalue weighted by atomic mass is 10.2. The van der Waals surface area contributed by atoms with Crippen molar-refractivity contribution in [1.82, 2.24) is 5.32 Å². The van der Waals surface area contributed by atoms with Gasteiger partial charge in [-0.05, 0) is 6.42 Å². The number of unbranched alkanes of at least 4 members (excludes halogenated alkanes) is 4. The third-order valence-corrected chi connectivity index (χ3v) is 2.08. The topological polar surface area (TPSA) is 81.4 Å². The number of ether oxygens (including phenoxy) is 1. The first-order valence-corrected chi connectivity index (χ1v) is 5.81. The molecule has 94 valence electrons. The van der Waals surface area contributed by atoms with Crippen LogP contribution in [-0.4, -0.2) is 31.6 Å². The Labute approximate surface area is 96.7 Å². The van der Waals surface area contributed by atoms with Gasteiger partial charge in [-0.2, -0.15) is 0 Å². The maximum Gasteiger partial charge on any atom is 0.319 e. The van der Waals surface area contributed by atoms with Crippen LogP contribution >= 0.6 is 0 Å². The Morgan fingerprint density at radius 2 is 1.81 bits per heavy atom. The number of carbonyl (C=O) groups is 2. The van der Waals surface area contributed by atoms with Gasteiger partial charge in [-0.15, -0.1) is 0 Å². The quantitative estimate of drug-likeness (QED) is 0.425. The van der Waals surface area contributed by atoms with Crippen molar-refractivity contribution in [1.29, 1.82) is 0 Å². The van der Waals surface area contributed by atoms with Crippen LogP contribution in [0.15, 0.2) is 0 Å². The second kappa shape index (κ2) is 10.4. The zero-order valence-electron chi connectivity index (χ0n) is 9.96. The van der Waals surface area contributed by atoms with Crippen molar-refractivity contribution < 1.29 is 14.3 Å². The molecule has 5 heteroatoms. The molecule has 3 N–H and O–H groups in total. The Bertz CT molecular complexity index is 207. The van der Waals surface area contributed by atoms with Crippen LogP contribution in [0.25, 0.3) is 0 Å². The average Bonchev–Trinajstić information content (AvgIpc) is 2.22. The normalized spacial score (nSPS) is 10.1. The van der Waals surface area contributed by atoms with Gasteiger partial charge >= 0.3 is 5.97 Å². The van der Waals surface area contributed by atoms with Crippen LogP contribution in [0.4, 0.5) is 0 Å². The van der Waals surface area contributed by atoms with Crippen molar-refractivity contribution in [3.63, 3.8) is 0 Å². The molecule has 0 unspecified atom stereocenters. The number of hydrogen-bond acceptors (Lipinski definition) is 4. The van der Waals surface area contributed by atoms with Crippen molar-refractivity contribution >= 4 is 11.9 Å². The molecule has 0 saturated heterocycles. The molecule has 5 nitrogen and oxygen atoms in total. The van der Waals surface area contributed by atoms with Crippen molar-refractivity contribution in [2.75, 3.05) is 19.7 Å². The summed E-state index contributed by atoms with van der Waals surface area (Å²) in [5, 5.41) is 2.60. The van der Waals surface area contributed by atoms with Gasteiger partial charge in [0.1, 0.15) is 0 Å². The molecule has 0 aromatic rings. The average molecular weight is 230 g/mol. The van der Waals surface area contributed by atoms with Crippen LogP contribution in [0, 0.1) is 0 Å². The molecule has 0 fully saturated rings. The lowest BCUT2D eigenvalue weighted by Gasteiger charge is -2.05. The Hall–Kier alpha value is -1.10. The highest BCUT2D eigenvalue weighted by Crippen LogP contribution is 2.02. The van der Waals surface area contributed by atoms with E-state index in [9.17, 15) is 9.59 Å². The largest absolute Gasteiger partial charge is 0.465 e. The number of rotatable bonds is 10. The van der Waals surface area contributed by atoms with Gasteiger partial charge < -0.3 is 10.5 Å². The van der Waals surface area contributed by atoms with E-state index in [0.29, 0.717) is 6.61 Å². The van der Waals surface area contributed by atoms with E-state index in [-0.39, 0.29) is 19.1 Å². The molecule has 0 atom stereocenters. The molecule has 0 saturated carbocycles. The van der Waals surface area contributed by atoms with Crippen LogP contribution in [0.2, 0.25) is 0 Å². The number of primary amides is 1. The zero-order chi connectivity index (χ0) is 12.2. The van der Waals surface area contributed by atoms with Gasteiger partial charge in [-0.3, -0.25) is 14.9 Å². The Kier molecular flexibility index (Phi) is 9.70. The third kappa shape index (κ3) is 11.0. The summed E-state index contributed by atoms with van der Waals surface area (Å²) in [5.74, 6) is -0.816. The summed E-state index contributed by atoms with van der Waals surface area (Å²) in [4.78, 5) is 21.4. The van der Waals surface area contributed by atoms with Crippen molar-refractivity contribution in [2.45, 2.75) is 39.0 Å². The highest BCUT2D eigenvalue weighted by molar-refractivity contribution is 5.77. The van der Waals surface area contributed by atoms with E-state index in [1.54, 1.807) is 0 Å². The van der Waals surface area contributed by atoms with Crippen LogP contribution in [0.1, 0.15) is 39.0 Å². The predicted octanol–water partition coefficient (Wildman–Crippen LogP) is 0.575. The number of carbonyl (C=O) groups excluding carboxylic acids is 2. The molecule has 0 aliphatic rings. The minimum absolute atomic E-state index is 0.00556. The van der Waals surface area contributed by atoms with Crippen LogP contribution < -0.4 is 11.1 Å². The fraction of sp³-hybridized carbons (Fsp3) is 0.818. The van der Waals surface area contributed by atoms with Crippen molar-refractivity contribution in [2.24, 2.45) is 5.73 Å². The van der Waals surface area contributed by atoms with Gasteiger partial charge in [0.2, 0.25) is 5.91 Å². The van der Waals surface area contributed by atoms with E-state index in [2.05, 4.69) is 12.2 Å². The summed E-state index contributed by atoms with van der Waals surface area (Å²) >= 11 is 0. The second-order valence-electron chi connectivity index (χ2n) is 3.70. The summed E-state index contributed by atoms with van der Waals surface area (Å²) in [6, 6.07) is 0. The molecule has 0 aliphatic heterocycles. The van der Waals surface area contributed by atoms with E-state index in [1.165, 1.54) is 19.3 Å². The molecule has 0 spiro atoms. The van der Waals surface area contributed by atoms with Gasteiger partial charge in [-0.25, -0.2) is 0 Å². The summed E-state index contributed by atoms with van der Waals surface area (Å²) < 4.78 is 4.95. The van der Waals surface area contributed by atoms with Crippen molar-refractivity contribution in [3.05, 3.63) is 0 Å². The molecule has 0 aromatic carbocycles. The van der Waals surface area contributed by atoms with Crippen molar-refractivity contribution in [3.8, 4) is 0 Å².